The van der Waals surface area contributed by atoms with Gasteiger partial charge in [0.2, 0.25) is 0 Å². The molecule has 1 aromatic carbocycles. The third kappa shape index (κ3) is 3.33. The van der Waals surface area contributed by atoms with Crippen molar-refractivity contribution in [1.29, 1.82) is 0 Å². The molecule has 1 aliphatic rings. The molecule has 1 N–H and O–H groups in total. The number of aryl methyl sites for hydroxylation is 1. The lowest BCUT2D eigenvalue weighted by Gasteiger charge is -2.31. The van der Waals surface area contributed by atoms with Gasteiger partial charge in [-0.05, 0) is 51.2 Å². The van der Waals surface area contributed by atoms with Gasteiger partial charge >= 0.3 is 0 Å². The van der Waals surface area contributed by atoms with Crippen molar-refractivity contribution in [3.05, 3.63) is 35.4 Å². The minimum Gasteiger partial charge on any atom is -0.375 e. The van der Waals surface area contributed by atoms with Crippen LogP contribution in [-0.2, 0) is 11.2 Å². The summed E-state index contributed by atoms with van der Waals surface area (Å²) < 4.78 is 5.75. The first-order chi connectivity index (χ1) is 8.62. The zero-order chi connectivity index (χ0) is 13.0. The molecule has 0 saturated carbocycles. The van der Waals surface area contributed by atoms with Crippen LogP contribution in [0.5, 0.6) is 0 Å². The Morgan fingerprint density at radius 1 is 1.33 bits per heavy atom. The first kappa shape index (κ1) is 13.6. The van der Waals surface area contributed by atoms with Crippen molar-refractivity contribution in [2.75, 3.05) is 13.2 Å². The van der Waals surface area contributed by atoms with Gasteiger partial charge < -0.3 is 10.1 Å². The molecule has 0 fully saturated rings. The zero-order valence-electron chi connectivity index (χ0n) is 11.8. The van der Waals surface area contributed by atoms with E-state index < -0.39 is 0 Å². The second-order valence-electron chi connectivity index (χ2n) is 5.72. The van der Waals surface area contributed by atoms with E-state index in [-0.39, 0.29) is 5.60 Å². The molecule has 0 spiro atoms. The first-order valence-electron chi connectivity index (χ1n) is 7.07. The van der Waals surface area contributed by atoms with Crippen molar-refractivity contribution in [3.63, 3.8) is 0 Å². The maximum atomic E-state index is 5.75. The topological polar surface area (TPSA) is 21.3 Å². The average Bonchev–Trinajstić information content (AvgIpc) is 2.36. The molecule has 2 heteroatoms. The van der Waals surface area contributed by atoms with Gasteiger partial charge in [0.1, 0.15) is 0 Å². The second kappa shape index (κ2) is 5.85. The molecule has 0 aliphatic heterocycles. The van der Waals surface area contributed by atoms with Crippen molar-refractivity contribution >= 4 is 0 Å². The quantitative estimate of drug-likeness (QED) is 0.860. The van der Waals surface area contributed by atoms with E-state index in [0.29, 0.717) is 6.04 Å². The van der Waals surface area contributed by atoms with Crippen molar-refractivity contribution in [1.82, 2.24) is 5.32 Å². The van der Waals surface area contributed by atoms with E-state index in [9.17, 15) is 0 Å². The molecular formula is C16H25NO. The van der Waals surface area contributed by atoms with Gasteiger partial charge in [0.25, 0.3) is 0 Å². The summed E-state index contributed by atoms with van der Waals surface area (Å²) in [4.78, 5) is 0. The van der Waals surface area contributed by atoms with Gasteiger partial charge in [-0.25, -0.2) is 0 Å². The van der Waals surface area contributed by atoms with Crippen LogP contribution in [0.4, 0.5) is 0 Å². The molecule has 0 aromatic heterocycles. The predicted octanol–water partition coefficient (Wildman–Crippen LogP) is 3.47. The van der Waals surface area contributed by atoms with Crippen LogP contribution in [0.1, 0.15) is 50.8 Å². The molecule has 0 heterocycles. The van der Waals surface area contributed by atoms with Gasteiger partial charge in [-0.1, -0.05) is 24.3 Å². The molecule has 1 atom stereocenters. The van der Waals surface area contributed by atoms with Crippen LogP contribution in [0.3, 0.4) is 0 Å². The van der Waals surface area contributed by atoms with Gasteiger partial charge in [0.15, 0.2) is 0 Å². The molecule has 1 aromatic rings. The van der Waals surface area contributed by atoms with Crippen LogP contribution in [0.15, 0.2) is 24.3 Å². The Morgan fingerprint density at radius 2 is 2.11 bits per heavy atom. The van der Waals surface area contributed by atoms with Gasteiger partial charge in [-0.2, -0.15) is 0 Å². The Kier molecular flexibility index (Phi) is 4.41. The Labute approximate surface area is 111 Å². The first-order valence-corrected chi connectivity index (χ1v) is 7.07. The van der Waals surface area contributed by atoms with E-state index in [1.54, 1.807) is 0 Å². The number of benzene rings is 1. The highest BCUT2D eigenvalue weighted by molar-refractivity contribution is 5.32. The third-order valence-electron chi connectivity index (χ3n) is 3.68. The summed E-state index contributed by atoms with van der Waals surface area (Å²) >= 11 is 0. The number of nitrogens with one attached hydrogen (secondary N) is 1. The van der Waals surface area contributed by atoms with Crippen molar-refractivity contribution in [2.24, 2.45) is 0 Å². The Morgan fingerprint density at radius 3 is 2.89 bits per heavy atom. The molecule has 1 aliphatic carbocycles. The summed E-state index contributed by atoms with van der Waals surface area (Å²) in [5, 5.41) is 3.68. The van der Waals surface area contributed by atoms with Crippen molar-refractivity contribution in [3.8, 4) is 0 Å². The minimum atomic E-state index is -0.0822. The van der Waals surface area contributed by atoms with E-state index >= 15 is 0 Å². The van der Waals surface area contributed by atoms with E-state index in [0.717, 1.165) is 13.2 Å². The lowest BCUT2D eigenvalue weighted by atomic mass is 9.87. The molecule has 2 rings (SSSR count). The van der Waals surface area contributed by atoms with Gasteiger partial charge in [-0.15, -0.1) is 0 Å². The molecule has 0 radical (unpaired) electrons. The average molecular weight is 247 g/mol. The summed E-state index contributed by atoms with van der Waals surface area (Å²) in [5.41, 5.74) is 2.91. The zero-order valence-corrected chi connectivity index (χ0v) is 11.8. The molecule has 18 heavy (non-hydrogen) atoms. The highest BCUT2D eigenvalue weighted by atomic mass is 16.5. The minimum absolute atomic E-state index is 0.0822. The molecule has 0 saturated heterocycles. The summed E-state index contributed by atoms with van der Waals surface area (Å²) in [6.07, 6.45) is 3.74. The summed E-state index contributed by atoms with van der Waals surface area (Å²) in [6.45, 7) is 8.03. The second-order valence-corrected chi connectivity index (χ2v) is 5.72. The molecule has 2 nitrogen and oxygen atoms in total. The number of rotatable bonds is 5. The van der Waals surface area contributed by atoms with Crippen LogP contribution in [-0.4, -0.2) is 18.8 Å². The lowest BCUT2D eigenvalue weighted by Crippen LogP contribution is -2.40. The maximum Gasteiger partial charge on any atom is 0.0750 e. The molecule has 100 valence electrons. The number of hydrogen-bond donors (Lipinski definition) is 1. The van der Waals surface area contributed by atoms with Crippen LogP contribution >= 0.6 is 0 Å². The maximum absolute atomic E-state index is 5.75. The standard InChI is InChI=1S/C16H25NO/c1-4-18-16(2,3)12-17-15-11-7-9-13-8-5-6-10-14(13)15/h5-6,8,10,15,17H,4,7,9,11-12H2,1-3H3. The van der Waals surface area contributed by atoms with Crippen LogP contribution in [0, 0.1) is 0 Å². The van der Waals surface area contributed by atoms with Crippen LogP contribution in [0.25, 0.3) is 0 Å². The third-order valence-corrected chi connectivity index (χ3v) is 3.68. The Balaban J connectivity index is 1.99. The van der Waals surface area contributed by atoms with E-state index in [1.807, 2.05) is 0 Å². The highest BCUT2D eigenvalue weighted by Gasteiger charge is 2.23. The van der Waals surface area contributed by atoms with E-state index in [4.69, 9.17) is 4.74 Å². The van der Waals surface area contributed by atoms with Crippen molar-refractivity contribution < 1.29 is 4.74 Å². The van der Waals surface area contributed by atoms with E-state index in [2.05, 4.69) is 50.4 Å². The fraction of sp³-hybridized carbons (Fsp3) is 0.625. The predicted molar refractivity (Wildman–Crippen MR) is 75.8 cm³/mol. The molecule has 0 bridgehead atoms. The molecule has 0 amide bonds. The van der Waals surface area contributed by atoms with Crippen LogP contribution < -0.4 is 5.32 Å². The number of hydrogen-bond acceptors (Lipinski definition) is 2. The van der Waals surface area contributed by atoms with Crippen molar-refractivity contribution in [2.45, 2.75) is 51.7 Å². The SMILES string of the molecule is CCOC(C)(C)CNC1CCCc2ccccc21. The number of ether oxygens (including phenoxy) is 1. The van der Waals surface area contributed by atoms with E-state index in [1.165, 1.54) is 30.4 Å². The van der Waals surface area contributed by atoms with Gasteiger partial charge in [0, 0.05) is 19.2 Å². The summed E-state index contributed by atoms with van der Waals surface area (Å²) in [7, 11) is 0. The summed E-state index contributed by atoms with van der Waals surface area (Å²) in [5.74, 6) is 0. The fourth-order valence-electron chi connectivity index (χ4n) is 2.78. The molecular weight excluding hydrogens is 222 g/mol. The Hall–Kier alpha value is -0.860. The van der Waals surface area contributed by atoms with Crippen LogP contribution in [0.2, 0.25) is 0 Å². The van der Waals surface area contributed by atoms with Gasteiger partial charge in [0.05, 0.1) is 5.60 Å². The van der Waals surface area contributed by atoms with Gasteiger partial charge in [-0.3, -0.25) is 0 Å². The fourth-order valence-corrected chi connectivity index (χ4v) is 2.78. The summed E-state index contributed by atoms with van der Waals surface area (Å²) in [6, 6.07) is 9.31. The highest BCUT2D eigenvalue weighted by Crippen LogP contribution is 2.29. The largest absolute Gasteiger partial charge is 0.375 e. The smallest absolute Gasteiger partial charge is 0.0750 e. The lowest BCUT2D eigenvalue weighted by molar-refractivity contribution is -0.0109. The Bertz CT molecular complexity index is 386. The number of fused-ring (bicyclic) bond motifs is 1. The monoisotopic (exact) mass is 247 g/mol. The normalized spacial score (nSPS) is 19.6. The molecule has 1 unspecified atom stereocenters.